The average molecular weight is 287 g/mol. The molecule has 0 aliphatic rings. The Morgan fingerprint density at radius 3 is 2.67 bits per heavy atom. The molecule has 1 aromatic heterocycles. The van der Waals surface area contributed by atoms with Crippen molar-refractivity contribution >= 4 is 16.8 Å². The standard InChI is InChI=1S/C17H25N3O/c1-4-15(5-2)19-16(21)12-20-10-9-13-7-6-8-14(11-18-3)17(13)20/h6-10,15,18H,4-5,11-12H2,1-3H3,(H,19,21). The predicted molar refractivity (Wildman–Crippen MR) is 87.2 cm³/mol. The van der Waals surface area contributed by atoms with E-state index < -0.39 is 0 Å². The van der Waals surface area contributed by atoms with Crippen LogP contribution in [0, 0.1) is 0 Å². The second kappa shape index (κ2) is 7.27. The van der Waals surface area contributed by atoms with Crippen LogP contribution in [0.25, 0.3) is 10.9 Å². The highest BCUT2D eigenvalue weighted by molar-refractivity contribution is 5.85. The van der Waals surface area contributed by atoms with Gasteiger partial charge >= 0.3 is 0 Å². The molecule has 114 valence electrons. The minimum atomic E-state index is 0.0838. The van der Waals surface area contributed by atoms with E-state index in [4.69, 9.17) is 0 Å². The van der Waals surface area contributed by atoms with Gasteiger partial charge in [-0.05, 0) is 36.9 Å². The van der Waals surface area contributed by atoms with Crippen molar-refractivity contribution in [1.29, 1.82) is 0 Å². The molecule has 1 heterocycles. The van der Waals surface area contributed by atoms with Gasteiger partial charge in [-0.1, -0.05) is 32.0 Å². The number of carbonyl (C=O) groups is 1. The molecule has 0 spiro atoms. The highest BCUT2D eigenvalue weighted by atomic mass is 16.2. The van der Waals surface area contributed by atoms with Crippen molar-refractivity contribution in [1.82, 2.24) is 15.2 Å². The summed E-state index contributed by atoms with van der Waals surface area (Å²) in [5.74, 6) is 0.0838. The van der Waals surface area contributed by atoms with E-state index in [2.05, 4.69) is 48.7 Å². The van der Waals surface area contributed by atoms with Gasteiger partial charge in [0.15, 0.2) is 0 Å². The largest absolute Gasteiger partial charge is 0.352 e. The molecule has 1 amide bonds. The minimum Gasteiger partial charge on any atom is -0.352 e. The van der Waals surface area contributed by atoms with E-state index in [0.717, 1.165) is 24.9 Å². The molecular formula is C17H25N3O. The van der Waals surface area contributed by atoms with Gasteiger partial charge in [-0.15, -0.1) is 0 Å². The van der Waals surface area contributed by atoms with E-state index in [1.54, 1.807) is 0 Å². The molecule has 0 unspecified atom stereocenters. The SMILES string of the molecule is CCC(CC)NC(=O)Cn1ccc2cccc(CNC)c21. The Labute approximate surface area is 126 Å². The van der Waals surface area contributed by atoms with Crippen LogP contribution < -0.4 is 10.6 Å². The first-order valence-corrected chi connectivity index (χ1v) is 7.70. The minimum absolute atomic E-state index is 0.0838. The second-order valence-corrected chi connectivity index (χ2v) is 5.41. The van der Waals surface area contributed by atoms with Gasteiger partial charge in [-0.3, -0.25) is 4.79 Å². The van der Waals surface area contributed by atoms with Crippen LogP contribution in [-0.2, 0) is 17.9 Å². The molecule has 2 N–H and O–H groups in total. The molecule has 0 saturated carbocycles. The maximum Gasteiger partial charge on any atom is 0.240 e. The maximum atomic E-state index is 12.2. The number of fused-ring (bicyclic) bond motifs is 1. The van der Waals surface area contributed by atoms with Crippen molar-refractivity contribution < 1.29 is 4.79 Å². The molecule has 0 saturated heterocycles. The molecule has 4 heteroatoms. The fourth-order valence-electron chi connectivity index (χ4n) is 2.73. The lowest BCUT2D eigenvalue weighted by Gasteiger charge is -2.16. The van der Waals surface area contributed by atoms with Crippen LogP contribution in [0.1, 0.15) is 32.3 Å². The van der Waals surface area contributed by atoms with Gasteiger partial charge in [0.2, 0.25) is 5.91 Å². The lowest BCUT2D eigenvalue weighted by Crippen LogP contribution is -2.36. The quantitative estimate of drug-likeness (QED) is 0.822. The number of rotatable bonds is 7. The van der Waals surface area contributed by atoms with E-state index in [0.29, 0.717) is 6.54 Å². The molecule has 2 aromatic rings. The monoisotopic (exact) mass is 287 g/mol. The zero-order valence-corrected chi connectivity index (χ0v) is 13.1. The van der Waals surface area contributed by atoms with E-state index in [1.165, 1.54) is 10.9 Å². The van der Waals surface area contributed by atoms with Crippen molar-refractivity contribution in [3.63, 3.8) is 0 Å². The van der Waals surface area contributed by atoms with Crippen molar-refractivity contribution in [2.45, 2.75) is 45.8 Å². The van der Waals surface area contributed by atoms with Gasteiger partial charge in [0.05, 0.1) is 5.52 Å². The molecule has 4 nitrogen and oxygen atoms in total. The summed E-state index contributed by atoms with van der Waals surface area (Å²) in [6.45, 7) is 5.38. The Kier molecular flexibility index (Phi) is 5.39. The summed E-state index contributed by atoms with van der Waals surface area (Å²) in [6, 6.07) is 8.59. The van der Waals surface area contributed by atoms with Crippen molar-refractivity contribution in [3.05, 3.63) is 36.0 Å². The van der Waals surface area contributed by atoms with Crippen molar-refractivity contribution in [2.75, 3.05) is 7.05 Å². The molecule has 0 atom stereocenters. The van der Waals surface area contributed by atoms with Crippen LogP contribution in [-0.4, -0.2) is 23.6 Å². The summed E-state index contributed by atoms with van der Waals surface area (Å²) >= 11 is 0. The first-order valence-electron chi connectivity index (χ1n) is 7.70. The predicted octanol–water partition coefficient (Wildman–Crippen LogP) is 2.67. The molecule has 21 heavy (non-hydrogen) atoms. The highest BCUT2D eigenvalue weighted by Gasteiger charge is 2.12. The number of nitrogens with one attached hydrogen (secondary N) is 2. The first kappa shape index (κ1) is 15.6. The van der Waals surface area contributed by atoms with Gasteiger partial charge in [0.25, 0.3) is 0 Å². The van der Waals surface area contributed by atoms with E-state index in [9.17, 15) is 4.79 Å². The number of aromatic nitrogens is 1. The Hall–Kier alpha value is -1.81. The van der Waals surface area contributed by atoms with Crippen LogP contribution in [0.3, 0.4) is 0 Å². The zero-order chi connectivity index (χ0) is 15.2. The van der Waals surface area contributed by atoms with Crippen molar-refractivity contribution in [3.8, 4) is 0 Å². The molecule has 1 aromatic carbocycles. The summed E-state index contributed by atoms with van der Waals surface area (Å²) in [5, 5.41) is 7.46. The Morgan fingerprint density at radius 2 is 2.00 bits per heavy atom. The van der Waals surface area contributed by atoms with Gasteiger partial charge in [0, 0.05) is 18.8 Å². The normalized spacial score (nSPS) is 11.2. The number of hydrogen-bond donors (Lipinski definition) is 2. The summed E-state index contributed by atoms with van der Waals surface area (Å²) in [7, 11) is 1.94. The molecule has 0 bridgehead atoms. The zero-order valence-electron chi connectivity index (χ0n) is 13.1. The average Bonchev–Trinajstić information content (AvgIpc) is 2.89. The third kappa shape index (κ3) is 3.64. The third-order valence-electron chi connectivity index (χ3n) is 3.90. The lowest BCUT2D eigenvalue weighted by atomic mass is 10.1. The Balaban J connectivity index is 2.20. The van der Waals surface area contributed by atoms with Gasteiger partial charge in [-0.25, -0.2) is 0 Å². The number of carbonyl (C=O) groups excluding carboxylic acids is 1. The lowest BCUT2D eigenvalue weighted by molar-refractivity contribution is -0.122. The van der Waals surface area contributed by atoms with Gasteiger partial charge in [0.1, 0.15) is 6.54 Å². The Morgan fingerprint density at radius 1 is 1.24 bits per heavy atom. The van der Waals surface area contributed by atoms with Crippen LogP contribution in [0.5, 0.6) is 0 Å². The Bertz CT molecular complexity index is 599. The maximum absolute atomic E-state index is 12.2. The molecule has 0 aliphatic carbocycles. The van der Waals surface area contributed by atoms with Gasteiger partial charge in [-0.2, -0.15) is 0 Å². The van der Waals surface area contributed by atoms with Crippen LogP contribution in [0.15, 0.2) is 30.5 Å². The summed E-state index contributed by atoms with van der Waals surface area (Å²) < 4.78 is 2.04. The summed E-state index contributed by atoms with van der Waals surface area (Å²) in [5.41, 5.74) is 2.36. The molecule has 2 rings (SSSR count). The van der Waals surface area contributed by atoms with Crippen LogP contribution in [0.4, 0.5) is 0 Å². The number of amides is 1. The van der Waals surface area contributed by atoms with E-state index in [1.807, 2.05) is 17.8 Å². The van der Waals surface area contributed by atoms with E-state index in [-0.39, 0.29) is 11.9 Å². The number of para-hydroxylation sites is 1. The smallest absolute Gasteiger partial charge is 0.240 e. The molecular weight excluding hydrogens is 262 g/mol. The fourth-order valence-corrected chi connectivity index (χ4v) is 2.73. The second-order valence-electron chi connectivity index (χ2n) is 5.41. The number of hydrogen-bond acceptors (Lipinski definition) is 2. The third-order valence-corrected chi connectivity index (χ3v) is 3.90. The number of nitrogens with zero attached hydrogens (tertiary/aromatic N) is 1. The molecule has 0 radical (unpaired) electrons. The molecule has 0 aliphatic heterocycles. The number of benzene rings is 1. The van der Waals surface area contributed by atoms with Crippen LogP contribution in [0.2, 0.25) is 0 Å². The topological polar surface area (TPSA) is 46.1 Å². The summed E-state index contributed by atoms with van der Waals surface area (Å²) in [4.78, 5) is 12.2. The fraction of sp³-hybridized carbons (Fsp3) is 0.471. The highest BCUT2D eigenvalue weighted by Crippen LogP contribution is 2.20. The molecule has 0 fully saturated rings. The van der Waals surface area contributed by atoms with Crippen molar-refractivity contribution in [2.24, 2.45) is 0 Å². The first-order chi connectivity index (χ1) is 10.2. The van der Waals surface area contributed by atoms with Crippen LogP contribution >= 0.6 is 0 Å². The summed E-state index contributed by atoms with van der Waals surface area (Å²) in [6.07, 6.45) is 3.94. The van der Waals surface area contributed by atoms with E-state index >= 15 is 0 Å². The van der Waals surface area contributed by atoms with Gasteiger partial charge < -0.3 is 15.2 Å².